The third-order valence-corrected chi connectivity index (χ3v) is 2.96. The number of guanidine groups is 1. The van der Waals surface area contributed by atoms with Gasteiger partial charge in [0.05, 0.1) is 13.7 Å². The van der Waals surface area contributed by atoms with Crippen molar-refractivity contribution >= 4 is 5.96 Å². The van der Waals surface area contributed by atoms with Gasteiger partial charge in [0.1, 0.15) is 11.5 Å². The van der Waals surface area contributed by atoms with Crippen molar-refractivity contribution in [1.29, 1.82) is 0 Å². The number of aliphatic imine (C=N–C) groups is 1. The van der Waals surface area contributed by atoms with Gasteiger partial charge in [0.2, 0.25) is 0 Å². The fourth-order valence-corrected chi connectivity index (χ4v) is 1.91. The number of nitrogens with one attached hydrogen (secondary N) is 2. The van der Waals surface area contributed by atoms with Crippen LogP contribution < -0.4 is 20.1 Å². The Hall–Kier alpha value is -2.09. The van der Waals surface area contributed by atoms with E-state index in [9.17, 15) is 8.78 Å². The maximum absolute atomic E-state index is 12.5. The van der Waals surface area contributed by atoms with Crippen molar-refractivity contribution in [2.75, 3.05) is 27.9 Å². The number of halogens is 2. The van der Waals surface area contributed by atoms with Gasteiger partial charge in [0.25, 0.3) is 0 Å². The van der Waals surface area contributed by atoms with Gasteiger partial charge in [-0.05, 0) is 19.1 Å². The van der Waals surface area contributed by atoms with E-state index < -0.39 is 6.61 Å². The fraction of sp³-hybridized carbons (Fsp3) is 0.533. The van der Waals surface area contributed by atoms with Gasteiger partial charge in [-0.15, -0.1) is 0 Å². The van der Waals surface area contributed by atoms with E-state index in [-0.39, 0.29) is 18.3 Å². The molecule has 0 aliphatic heterocycles. The van der Waals surface area contributed by atoms with Crippen LogP contribution in [0.4, 0.5) is 8.78 Å². The van der Waals surface area contributed by atoms with E-state index in [0.717, 1.165) is 0 Å². The summed E-state index contributed by atoms with van der Waals surface area (Å²) in [4.78, 5) is 4.07. The summed E-state index contributed by atoms with van der Waals surface area (Å²) in [6.07, 6.45) is 0. The molecular formula is C15H23F2N3O3. The Morgan fingerprint density at radius 3 is 2.61 bits per heavy atom. The van der Waals surface area contributed by atoms with Gasteiger partial charge in [-0.1, -0.05) is 0 Å². The number of methoxy groups -OCH3 is 2. The average Bonchev–Trinajstić information content (AvgIpc) is 2.51. The molecule has 130 valence electrons. The standard InChI is InChI=1S/C15H23F2N3O3/c1-10(9-21-3)20-15(18-2)19-8-11-5-6-12(22-4)7-13(11)23-14(16)17/h5-7,10,14H,8-9H2,1-4H3,(H2,18,19,20). The molecule has 0 heterocycles. The second-order valence-corrected chi connectivity index (χ2v) is 4.78. The van der Waals surface area contributed by atoms with E-state index in [4.69, 9.17) is 9.47 Å². The molecule has 0 aromatic heterocycles. The zero-order valence-electron chi connectivity index (χ0n) is 13.7. The molecule has 0 aliphatic rings. The third-order valence-electron chi connectivity index (χ3n) is 2.96. The third kappa shape index (κ3) is 6.68. The molecule has 0 saturated heterocycles. The maximum Gasteiger partial charge on any atom is 0.387 e. The molecule has 1 atom stereocenters. The van der Waals surface area contributed by atoms with E-state index in [1.165, 1.54) is 13.2 Å². The minimum Gasteiger partial charge on any atom is -0.497 e. The molecular weight excluding hydrogens is 308 g/mol. The molecule has 0 radical (unpaired) electrons. The number of hydrogen-bond donors (Lipinski definition) is 2. The van der Waals surface area contributed by atoms with Gasteiger partial charge < -0.3 is 24.8 Å². The summed E-state index contributed by atoms with van der Waals surface area (Å²) in [7, 11) is 4.70. The molecule has 0 bridgehead atoms. The lowest BCUT2D eigenvalue weighted by Gasteiger charge is -2.18. The van der Waals surface area contributed by atoms with Crippen LogP contribution in [0.1, 0.15) is 12.5 Å². The minimum atomic E-state index is -2.90. The molecule has 1 aromatic rings. The number of nitrogens with zero attached hydrogens (tertiary/aromatic N) is 1. The normalized spacial score (nSPS) is 12.9. The van der Waals surface area contributed by atoms with E-state index in [2.05, 4.69) is 20.4 Å². The van der Waals surface area contributed by atoms with Crippen LogP contribution >= 0.6 is 0 Å². The van der Waals surface area contributed by atoms with Gasteiger partial charge >= 0.3 is 6.61 Å². The summed E-state index contributed by atoms with van der Waals surface area (Å²) in [5.74, 6) is 1.04. The first kappa shape index (κ1) is 19.0. The largest absolute Gasteiger partial charge is 0.497 e. The highest BCUT2D eigenvalue weighted by Gasteiger charge is 2.12. The predicted molar refractivity (Wildman–Crippen MR) is 84.3 cm³/mol. The highest BCUT2D eigenvalue weighted by Crippen LogP contribution is 2.26. The average molecular weight is 331 g/mol. The van der Waals surface area contributed by atoms with E-state index in [1.54, 1.807) is 26.3 Å². The number of benzene rings is 1. The maximum atomic E-state index is 12.5. The molecule has 0 saturated carbocycles. The predicted octanol–water partition coefficient (Wildman–Crippen LogP) is 2.00. The Kier molecular flexibility index (Phi) is 8.10. The van der Waals surface area contributed by atoms with Crippen LogP contribution in [-0.2, 0) is 11.3 Å². The topological polar surface area (TPSA) is 64.1 Å². The first-order chi connectivity index (χ1) is 11.0. The molecule has 0 aliphatic carbocycles. The summed E-state index contributed by atoms with van der Waals surface area (Å²) >= 11 is 0. The van der Waals surface area contributed by atoms with Gasteiger partial charge in [-0.2, -0.15) is 8.78 Å². The van der Waals surface area contributed by atoms with Crippen molar-refractivity contribution in [1.82, 2.24) is 10.6 Å². The second kappa shape index (κ2) is 9.83. The van der Waals surface area contributed by atoms with Crippen LogP contribution in [0.2, 0.25) is 0 Å². The van der Waals surface area contributed by atoms with Crippen molar-refractivity contribution < 1.29 is 23.0 Å². The zero-order valence-corrected chi connectivity index (χ0v) is 13.7. The number of alkyl halides is 2. The lowest BCUT2D eigenvalue weighted by Crippen LogP contribution is -2.43. The molecule has 2 N–H and O–H groups in total. The van der Waals surface area contributed by atoms with Crippen LogP contribution in [0.5, 0.6) is 11.5 Å². The molecule has 1 unspecified atom stereocenters. The summed E-state index contributed by atoms with van der Waals surface area (Å²) in [5.41, 5.74) is 0.563. The summed E-state index contributed by atoms with van der Waals surface area (Å²) in [5, 5.41) is 6.16. The lowest BCUT2D eigenvalue weighted by atomic mass is 10.2. The number of rotatable bonds is 8. The Morgan fingerprint density at radius 1 is 1.30 bits per heavy atom. The van der Waals surface area contributed by atoms with Gasteiger partial charge in [0, 0.05) is 38.4 Å². The van der Waals surface area contributed by atoms with Gasteiger partial charge in [0.15, 0.2) is 5.96 Å². The van der Waals surface area contributed by atoms with Crippen molar-refractivity contribution in [3.8, 4) is 11.5 Å². The van der Waals surface area contributed by atoms with Crippen LogP contribution in [0.15, 0.2) is 23.2 Å². The Bertz CT molecular complexity index is 513. The van der Waals surface area contributed by atoms with Crippen LogP contribution in [0.3, 0.4) is 0 Å². The lowest BCUT2D eigenvalue weighted by molar-refractivity contribution is -0.0505. The SMILES string of the molecule is CN=C(NCc1ccc(OC)cc1OC(F)F)NC(C)COC. The van der Waals surface area contributed by atoms with Crippen molar-refractivity contribution in [3.63, 3.8) is 0 Å². The summed E-state index contributed by atoms with van der Waals surface area (Å²) in [6, 6.07) is 4.82. The highest BCUT2D eigenvalue weighted by molar-refractivity contribution is 5.80. The molecule has 1 aromatic carbocycles. The van der Waals surface area contributed by atoms with Crippen LogP contribution in [0.25, 0.3) is 0 Å². The molecule has 8 heteroatoms. The summed E-state index contributed by atoms with van der Waals surface area (Å²) < 4.78 is 39.6. The van der Waals surface area contributed by atoms with Gasteiger partial charge in [-0.3, -0.25) is 4.99 Å². The minimum absolute atomic E-state index is 0.0545. The highest BCUT2D eigenvalue weighted by atomic mass is 19.3. The van der Waals surface area contributed by atoms with Crippen molar-refractivity contribution in [3.05, 3.63) is 23.8 Å². The van der Waals surface area contributed by atoms with E-state index in [1.807, 2.05) is 6.92 Å². The second-order valence-electron chi connectivity index (χ2n) is 4.78. The van der Waals surface area contributed by atoms with E-state index in [0.29, 0.717) is 23.9 Å². The molecule has 6 nitrogen and oxygen atoms in total. The first-order valence-corrected chi connectivity index (χ1v) is 7.08. The molecule has 0 amide bonds. The first-order valence-electron chi connectivity index (χ1n) is 7.08. The van der Waals surface area contributed by atoms with E-state index >= 15 is 0 Å². The number of ether oxygens (including phenoxy) is 3. The Morgan fingerprint density at radius 2 is 2.04 bits per heavy atom. The molecule has 0 spiro atoms. The number of hydrogen-bond acceptors (Lipinski definition) is 4. The van der Waals surface area contributed by atoms with Crippen molar-refractivity contribution in [2.45, 2.75) is 26.1 Å². The van der Waals surface area contributed by atoms with Crippen LogP contribution in [0, 0.1) is 0 Å². The smallest absolute Gasteiger partial charge is 0.387 e. The summed E-state index contributed by atoms with van der Waals surface area (Å²) in [6.45, 7) is -0.177. The molecule has 1 rings (SSSR count). The fourth-order valence-electron chi connectivity index (χ4n) is 1.91. The molecule has 0 fully saturated rings. The molecule has 23 heavy (non-hydrogen) atoms. The Labute approximate surface area is 134 Å². The van der Waals surface area contributed by atoms with Crippen LogP contribution in [-0.4, -0.2) is 46.5 Å². The zero-order chi connectivity index (χ0) is 17.2. The van der Waals surface area contributed by atoms with Gasteiger partial charge in [-0.25, -0.2) is 0 Å². The monoisotopic (exact) mass is 331 g/mol. The Balaban J connectivity index is 2.75. The quantitative estimate of drug-likeness (QED) is 0.563. The van der Waals surface area contributed by atoms with Crippen molar-refractivity contribution in [2.24, 2.45) is 4.99 Å².